The van der Waals surface area contributed by atoms with Gasteiger partial charge in [0.2, 0.25) is 0 Å². The summed E-state index contributed by atoms with van der Waals surface area (Å²) in [5, 5.41) is 6.61. The highest BCUT2D eigenvalue weighted by molar-refractivity contribution is 7.13. The van der Waals surface area contributed by atoms with Crippen LogP contribution in [0.4, 0.5) is 0 Å². The van der Waals surface area contributed by atoms with Crippen LogP contribution in [0.2, 0.25) is 5.02 Å². The number of thiophene rings is 1. The van der Waals surface area contributed by atoms with E-state index in [0.717, 1.165) is 4.88 Å². The van der Waals surface area contributed by atoms with E-state index < -0.39 is 5.97 Å². The van der Waals surface area contributed by atoms with Crippen LogP contribution >= 0.6 is 22.9 Å². The van der Waals surface area contributed by atoms with Gasteiger partial charge < -0.3 is 4.74 Å². The van der Waals surface area contributed by atoms with Crippen LogP contribution in [0.3, 0.4) is 0 Å². The Morgan fingerprint density at radius 3 is 2.95 bits per heavy atom. The van der Waals surface area contributed by atoms with Gasteiger partial charge in [-0.3, -0.25) is 0 Å². The predicted molar refractivity (Wildman–Crippen MR) is 77.4 cm³/mol. The van der Waals surface area contributed by atoms with Crippen molar-refractivity contribution in [3.8, 4) is 10.6 Å². The van der Waals surface area contributed by atoms with Crippen molar-refractivity contribution in [2.45, 2.75) is 6.92 Å². The number of hydrogen-bond donors (Lipinski definition) is 0. The van der Waals surface area contributed by atoms with E-state index >= 15 is 0 Å². The quantitative estimate of drug-likeness (QED) is 0.682. The lowest BCUT2D eigenvalue weighted by molar-refractivity contribution is 0.0590. The fourth-order valence-electron chi connectivity index (χ4n) is 1.90. The smallest absolute Gasteiger partial charge is 0.356 e. The topological polar surface area (TPSA) is 56.5 Å². The number of rotatable bonds is 2. The zero-order valence-corrected chi connectivity index (χ0v) is 12.3. The Labute approximate surface area is 123 Å². The summed E-state index contributed by atoms with van der Waals surface area (Å²) in [5.74, 6) is -0.477. The van der Waals surface area contributed by atoms with Crippen LogP contribution in [-0.2, 0) is 4.74 Å². The molecule has 0 N–H and O–H groups in total. The van der Waals surface area contributed by atoms with E-state index in [9.17, 15) is 4.79 Å². The maximum Gasteiger partial charge on any atom is 0.356 e. The Hall–Kier alpha value is -1.92. The second kappa shape index (κ2) is 4.88. The minimum absolute atomic E-state index is 0.302. The molecular weight excluding hydrogens is 298 g/mol. The van der Waals surface area contributed by atoms with Crippen LogP contribution in [-0.4, -0.2) is 27.7 Å². The average Bonchev–Trinajstić information content (AvgIpc) is 3.07. The van der Waals surface area contributed by atoms with Gasteiger partial charge in [-0.15, -0.1) is 11.3 Å². The number of methoxy groups -OCH3 is 1. The molecule has 3 aromatic heterocycles. The molecule has 0 radical (unpaired) electrons. The summed E-state index contributed by atoms with van der Waals surface area (Å²) < 4.78 is 6.22. The first-order valence-electron chi connectivity index (χ1n) is 5.80. The second-order valence-electron chi connectivity index (χ2n) is 4.13. The second-order valence-corrected chi connectivity index (χ2v) is 5.46. The molecule has 3 heterocycles. The molecule has 0 aromatic carbocycles. The Morgan fingerprint density at radius 2 is 2.30 bits per heavy atom. The van der Waals surface area contributed by atoms with Crippen LogP contribution in [0.15, 0.2) is 23.6 Å². The van der Waals surface area contributed by atoms with E-state index in [1.807, 2.05) is 17.5 Å². The largest absolute Gasteiger partial charge is 0.464 e. The minimum Gasteiger partial charge on any atom is -0.464 e. The zero-order chi connectivity index (χ0) is 14.3. The highest BCUT2D eigenvalue weighted by Crippen LogP contribution is 2.28. The molecule has 0 spiro atoms. The zero-order valence-electron chi connectivity index (χ0n) is 10.8. The number of esters is 1. The summed E-state index contributed by atoms with van der Waals surface area (Å²) in [4.78, 5) is 17.4. The van der Waals surface area contributed by atoms with Gasteiger partial charge in [-0.25, -0.2) is 14.3 Å². The lowest BCUT2D eigenvalue weighted by Gasteiger charge is -2.05. The third-order valence-electron chi connectivity index (χ3n) is 2.86. The fraction of sp³-hybridized carbons (Fsp3) is 0.154. The van der Waals surface area contributed by atoms with Gasteiger partial charge in [0.1, 0.15) is 5.02 Å². The molecule has 0 bridgehead atoms. The first-order valence-corrected chi connectivity index (χ1v) is 7.05. The first kappa shape index (κ1) is 13.1. The molecule has 3 rings (SSSR count). The van der Waals surface area contributed by atoms with E-state index in [2.05, 4.69) is 10.1 Å². The highest BCUT2D eigenvalue weighted by Gasteiger charge is 2.19. The monoisotopic (exact) mass is 307 g/mol. The molecule has 20 heavy (non-hydrogen) atoms. The average molecular weight is 308 g/mol. The summed E-state index contributed by atoms with van der Waals surface area (Å²) in [7, 11) is 1.33. The molecule has 0 fully saturated rings. The van der Waals surface area contributed by atoms with E-state index in [1.54, 1.807) is 13.0 Å². The van der Waals surface area contributed by atoms with Crippen molar-refractivity contribution in [3.05, 3.63) is 40.0 Å². The van der Waals surface area contributed by atoms with Gasteiger partial charge in [0.15, 0.2) is 11.3 Å². The summed E-state index contributed by atoms with van der Waals surface area (Å²) in [6, 6.07) is 5.52. The molecule has 0 amide bonds. The van der Waals surface area contributed by atoms with Crippen molar-refractivity contribution in [1.29, 1.82) is 0 Å². The molecule has 0 atom stereocenters. The fourth-order valence-corrected chi connectivity index (χ4v) is 2.74. The number of nitrogens with zero attached hydrogens (tertiary/aromatic N) is 3. The van der Waals surface area contributed by atoms with Crippen molar-refractivity contribution < 1.29 is 9.53 Å². The van der Waals surface area contributed by atoms with Crippen LogP contribution < -0.4 is 0 Å². The normalized spacial score (nSPS) is 10.9. The Kier molecular flexibility index (Phi) is 3.19. The van der Waals surface area contributed by atoms with Gasteiger partial charge in [0, 0.05) is 0 Å². The summed E-state index contributed by atoms with van der Waals surface area (Å²) >= 11 is 7.74. The van der Waals surface area contributed by atoms with Gasteiger partial charge >= 0.3 is 5.97 Å². The molecule has 0 unspecified atom stereocenters. The minimum atomic E-state index is -0.477. The molecule has 5 nitrogen and oxygen atoms in total. The van der Waals surface area contributed by atoms with Crippen LogP contribution in [0.1, 0.15) is 16.2 Å². The van der Waals surface area contributed by atoms with Crippen molar-refractivity contribution in [1.82, 2.24) is 14.6 Å². The van der Waals surface area contributed by atoms with Crippen molar-refractivity contribution in [2.75, 3.05) is 7.11 Å². The molecule has 0 saturated carbocycles. The summed E-state index contributed by atoms with van der Waals surface area (Å²) in [6.07, 6.45) is 0. The Morgan fingerprint density at radius 1 is 1.50 bits per heavy atom. The number of carbonyl (C=O) groups is 1. The van der Waals surface area contributed by atoms with Crippen LogP contribution in [0.25, 0.3) is 16.2 Å². The van der Waals surface area contributed by atoms with Gasteiger partial charge in [-0.2, -0.15) is 5.10 Å². The van der Waals surface area contributed by atoms with E-state index in [0.29, 0.717) is 27.8 Å². The molecule has 3 aromatic rings. The molecule has 0 saturated heterocycles. The van der Waals surface area contributed by atoms with Gasteiger partial charge in [0.25, 0.3) is 0 Å². The predicted octanol–water partition coefficient (Wildman–Crippen LogP) is 3.21. The first-order chi connectivity index (χ1) is 9.61. The molecule has 0 aliphatic carbocycles. The summed E-state index contributed by atoms with van der Waals surface area (Å²) in [5.41, 5.74) is 2.05. The Balaban J connectivity index is 2.34. The number of carbonyl (C=O) groups excluding carboxylic acids is 1. The van der Waals surface area contributed by atoms with Crippen LogP contribution in [0, 0.1) is 6.92 Å². The number of fused-ring (bicyclic) bond motifs is 1. The molecular formula is C13H10ClN3O2S. The van der Waals surface area contributed by atoms with Gasteiger partial charge in [0.05, 0.1) is 23.4 Å². The van der Waals surface area contributed by atoms with Crippen molar-refractivity contribution in [2.24, 2.45) is 0 Å². The van der Waals surface area contributed by atoms with E-state index in [4.69, 9.17) is 16.3 Å². The molecule has 102 valence electrons. The van der Waals surface area contributed by atoms with Gasteiger partial charge in [-0.05, 0) is 24.4 Å². The lowest BCUT2D eigenvalue weighted by atomic mass is 10.2. The van der Waals surface area contributed by atoms with Crippen LogP contribution in [0.5, 0.6) is 0 Å². The summed E-state index contributed by atoms with van der Waals surface area (Å²) in [6.45, 7) is 1.77. The lowest BCUT2D eigenvalue weighted by Crippen LogP contribution is -2.10. The Bertz CT molecular complexity index is 796. The molecule has 0 aliphatic heterocycles. The maximum atomic E-state index is 11.9. The van der Waals surface area contributed by atoms with Crippen molar-refractivity contribution in [3.63, 3.8) is 0 Å². The standard InChI is InChI=1S/C13H10ClN3O2S/c1-7-11(14)12-15-8(10-4-3-5-20-10)6-9(13(18)19-2)17(12)16-7/h3-6H,1-2H3. The third-order valence-corrected chi connectivity index (χ3v) is 4.20. The van der Waals surface area contributed by atoms with Gasteiger partial charge in [-0.1, -0.05) is 17.7 Å². The van der Waals surface area contributed by atoms with E-state index in [1.165, 1.54) is 23.0 Å². The number of aromatic nitrogens is 3. The number of hydrogen-bond acceptors (Lipinski definition) is 5. The SMILES string of the molecule is COC(=O)c1cc(-c2cccs2)nc2c(Cl)c(C)nn12. The maximum absolute atomic E-state index is 11.9. The molecule has 7 heteroatoms. The number of aryl methyl sites for hydroxylation is 1. The number of halogens is 1. The molecule has 0 aliphatic rings. The number of ether oxygens (including phenoxy) is 1. The highest BCUT2D eigenvalue weighted by atomic mass is 35.5. The van der Waals surface area contributed by atoms with E-state index in [-0.39, 0.29) is 0 Å². The third kappa shape index (κ3) is 1.97. The van der Waals surface area contributed by atoms with Crippen molar-refractivity contribution >= 4 is 34.6 Å².